The summed E-state index contributed by atoms with van der Waals surface area (Å²) in [5, 5.41) is 9.41. The maximum atomic E-state index is 11.9. The molecular formula is C14H24O3. The van der Waals surface area contributed by atoms with E-state index in [9.17, 15) is 9.90 Å². The Hall–Kier alpha value is -0.570. The van der Waals surface area contributed by atoms with Gasteiger partial charge in [0.1, 0.15) is 6.10 Å². The Kier molecular flexibility index (Phi) is 4.08. The van der Waals surface area contributed by atoms with Gasteiger partial charge in [-0.3, -0.25) is 4.79 Å². The van der Waals surface area contributed by atoms with Gasteiger partial charge in [-0.1, -0.05) is 46.0 Å². The van der Waals surface area contributed by atoms with Crippen LogP contribution in [0.2, 0.25) is 0 Å². The molecule has 3 nitrogen and oxygen atoms in total. The summed E-state index contributed by atoms with van der Waals surface area (Å²) in [6.07, 6.45) is 5.98. The first kappa shape index (κ1) is 12.9. The first-order chi connectivity index (χ1) is 8.15. The van der Waals surface area contributed by atoms with Crippen LogP contribution in [0.25, 0.3) is 0 Å². The molecule has 2 rings (SSSR count). The average Bonchev–Trinajstić information content (AvgIpc) is 2.67. The summed E-state index contributed by atoms with van der Waals surface area (Å²) in [5.74, 6) is 1.03. The van der Waals surface area contributed by atoms with Crippen LogP contribution >= 0.6 is 0 Å². The normalized spacial score (nSPS) is 35.3. The maximum Gasteiger partial charge on any atom is 0.309 e. The van der Waals surface area contributed by atoms with Gasteiger partial charge in [-0.25, -0.2) is 0 Å². The highest BCUT2D eigenvalue weighted by molar-refractivity contribution is 5.75. The molecule has 1 N–H and O–H groups in total. The van der Waals surface area contributed by atoms with Crippen LogP contribution in [-0.2, 0) is 9.53 Å². The van der Waals surface area contributed by atoms with Crippen LogP contribution in [0.1, 0.15) is 46.0 Å². The van der Waals surface area contributed by atoms with Gasteiger partial charge in [0.25, 0.3) is 0 Å². The van der Waals surface area contributed by atoms with Gasteiger partial charge in [-0.05, 0) is 11.8 Å². The zero-order valence-electron chi connectivity index (χ0n) is 10.9. The number of ether oxygens (including phenoxy) is 1. The summed E-state index contributed by atoms with van der Waals surface area (Å²) in [6, 6.07) is 0. The highest BCUT2D eigenvalue weighted by atomic mass is 16.6. The molecule has 0 aromatic rings. The molecule has 0 amide bonds. The Labute approximate surface area is 104 Å². The number of cyclic esters (lactones) is 1. The molecule has 0 unspecified atom stereocenters. The fourth-order valence-corrected chi connectivity index (χ4v) is 3.69. The molecule has 2 aliphatic rings. The monoisotopic (exact) mass is 240 g/mol. The number of rotatable bonds is 3. The lowest BCUT2D eigenvalue weighted by molar-refractivity contribution is -0.146. The molecule has 1 aliphatic carbocycles. The van der Waals surface area contributed by atoms with Crippen LogP contribution in [0.4, 0.5) is 0 Å². The second kappa shape index (κ2) is 5.38. The van der Waals surface area contributed by atoms with Crippen molar-refractivity contribution in [3.8, 4) is 0 Å². The quantitative estimate of drug-likeness (QED) is 0.770. The number of hydrogen-bond donors (Lipinski definition) is 1. The Morgan fingerprint density at radius 3 is 2.47 bits per heavy atom. The van der Waals surface area contributed by atoms with E-state index in [4.69, 9.17) is 4.74 Å². The average molecular weight is 240 g/mol. The molecule has 2 fully saturated rings. The number of hydrogen-bond acceptors (Lipinski definition) is 3. The largest absolute Gasteiger partial charge is 0.459 e. The van der Waals surface area contributed by atoms with Crippen LogP contribution in [0.5, 0.6) is 0 Å². The van der Waals surface area contributed by atoms with Gasteiger partial charge >= 0.3 is 5.97 Å². The lowest BCUT2D eigenvalue weighted by atomic mass is 9.70. The Balaban J connectivity index is 2.15. The molecule has 1 aliphatic heterocycles. The maximum absolute atomic E-state index is 11.9. The molecule has 3 atom stereocenters. The predicted octanol–water partition coefficient (Wildman–Crippen LogP) is 2.37. The van der Waals surface area contributed by atoms with Gasteiger partial charge < -0.3 is 9.84 Å². The molecular weight excluding hydrogens is 216 g/mol. The molecule has 0 radical (unpaired) electrons. The third kappa shape index (κ3) is 2.49. The summed E-state index contributed by atoms with van der Waals surface area (Å²) in [4.78, 5) is 11.9. The van der Waals surface area contributed by atoms with Gasteiger partial charge in [0.15, 0.2) is 0 Å². The van der Waals surface area contributed by atoms with Crippen molar-refractivity contribution in [1.29, 1.82) is 0 Å². The van der Waals surface area contributed by atoms with Crippen molar-refractivity contribution in [2.45, 2.75) is 52.1 Å². The SMILES string of the molecule is CC(C)[C@H]1C(=O)O[C@H](CO)[C@@H]1C1CCCCC1. The van der Waals surface area contributed by atoms with E-state index in [1.807, 2.05) is 0 Å². The fourth-order valence-electron chi connectivity index (χ4n) is 3.69. The number of carbonyl (C=O) groups excluding carboxylic acids is 1. The van der Waals surface area contributed by atoms with Gasteiger partial charge in [-0.2, -0.15) is 0 Å². The Bertz CT molecular complexity index is 269. The van der Waals surface area contributed by atoms with Crippen LogP contribution in [0.15, 0.2) is 0 Å². The lowest BCUT2D eigenvalue weighted by Crippen LogP contribution is -2.34. The topological polar surface area (TPSA) is 46.5 Å². The van der Waals surface area contributed by atoms with E-state index in [1.54, 1.807) is 0 Å². The minimum absolute atomic E-state index is 0.00440. The fraction of sp³-hybridized carbons (Fsp3) is 0.929. The van der Waals surface area contributed by atoms with E-state index in [2.05, 4.69) is 13.8 Å². The van der Waals surface area contributed by atoms with Gasteiger partial charge in [0.2, 0.25) is 0 Å². The van der Waals surface area contributed by atoms with E-state index in [0.717, 1.165) is 0 Å². The summed E-state index contributed by atoms with van der Waals surface area (Å²) in [6.45, 7) is 4.15. The minimum atomic E-state index is -0.252. The predicted molar refractivity (Wildman–Crippen MR) is 65.4 cm³/mol. The van der Waals surface area contributed by atoms with Gasteiger partial charge in [0, 0.05) is 5.92 Å². The second-order valence-electron chi connectivity index (χ2n) is 5.90. The highest BCUT2D eigenvalue weighted by Crippen LogP contribution is 2.43. The van der Waals surface area contributed by atoms with E-state index in [-0.39, 0.29) is 30.5 Å². The van der Waals surface area contributed by atoms with Crippen molar-refractivity contribution in [1.82, 2.24) is 0 Å². The first-order valence-corrected chi connectivity index (χ1v) is 6.96. The number of aliphatic hydroxyl groups excluding tert-OH is 1. The number of carbonyl (C=O) groups is 1. The van der Waals surface area contributed by atoms with Crippen molar-refractivity contribution in [2.75, 3.05) is 6.61 Å². The lowest BCUT2D eigenvalue weighted by Gasteiger charge is -2.33. The number of aliphatic hydroxyl groups is 1. The van der Waals surface area contributed by atoms with E-state index < -0.39 is 0 Å². The second-order valence-corrected chi connectivity index (χ2v) is 5.90. The Morgan fingerprint density at radius 2 is 1.94 bits per heavy atom. The Morgan fingerprint density at radius 1 is 1.29 bits per heavy atom. The molecule has 0 spiro atoms. The summed E-state index contributed by atoms with van der Waals surface area (Å²) in [7, 11) is 0. The zero-order chi connectivity index (χ0) is 12.4. The minimum Gasteiger partial charge on any atom is -0.459 e. The molecule has 0 bridgehead atoms. The van der Waals surface area contributed by atoms with Crippen LogP contribution < -0.4 is 0 Å². The smallest absolute Gasteiger partial charge is 0.309 e. The first-order valence-electron chi connectivity index (χ1n) is 6.96. The molecule has 17 heavy (non-hydrogen) atoms. The third-order valence-electron chi connectivity index (χ3n) is 4.48. The van der Waals surface area contributed by atoms with Crippen molar-refractivity contribution in [3.05, 3.63) is 0 Å². The highest BCUT2D eigenvalue weighted by Gasteiger charge is 2.48. The van der Waals surface area contributed by atoms with Crippen molar-refractivity contribution in [3.63, 3.8) is 0 Å². The molecule has 1 heterocycles. The van der Waals surface area contributed by atoms with E-state index in [1.165, 1.54) is 32.1 Å². The molecule has 3 heteroatoms. The molecule has 1 saturated carbocycles. The van der Waals surface area contributed by atoms with E-state index >= 15 is 0 Å². The molecule has 1 saturated heterocycles. The van der Waals surface area contributed by atoms with E-state index in [0.29, 0.717) is 11.8 Å². The standard InChI is InChI=1S/C14H24O3/c1-9(2)12-13(10-6-4-3-5-7-10)11(8-15)17-14(12)16/h9-13,15H,3-8H2,1-2H3/t11-,12-,13+/m1/s1. The molecule has 0 aromatic carbocycles. The van der Waals surface area contributed by atoms with Gasteiger partial charge in [-0.15, -0.1) is 0 Å². The summed E-state index contributed by atoms with van der Waals surface area (Å²) >= 11 is 0. The van der Waals surface area contributed by atoms with Crippen LogP contribution in [0, 0.1) is 23.7 Å². The van der Waals surface area contributed by atoms with Crippen molar-refractivity contribution >= 4 is 5.97 Å². The molecule has 98 valence electrons. The third-order valence-corrected chi connectivity index (χ3v) is 4.48. The summed E-state index contributed by atoms with van der Waals surface area (Å²) < 4.78 is 5.36. The molecule has 0 aromatic heterocycles. The zero-order valence-corrected chi connectivity index (χ0v) is 10.9. The van der Waals surface area contributed by atoms with Crippen LogP contribution in [0.3, 0.4) is 0 Å². The van der Waals surface area contributed by atoms with Crippen LogP contribution in [-0.4, -0.2) is 23.8 Å². The van der Waals surface area contributed by atoms with Crippen molar-refractivity contribution < 1.29 is 14.6 Å². The summed E-state index contributed by atoms with van der Waals surface area (Å²) in [5.41, 5.74) is 0. The van der Waals surface area contributed by atoms with Crippen molar-refractivity contribution in [2.24, 2.45) is 23.7 Å². The van der Waals surface area contributed by atoms with Gasteiger partial charge in [0.05, 0.1) is 12.5 Å². The number of esters is 1.